The number of amides is 8. The molecule has 0 saturated heterocycles. The van der Waals surface area contributed by atoms with E-state index in [-0.39, 0.29) is 62.7 Å². The summed E-state index contributed by atoms with van der Waals surface area (Å²) in [5, 5.41) is 14.6. The number of aryl methyl sites for hydroxylation is 1. The Bertz CT molecular complexity index is 2680. The van der Waals surface area contributed by atoms with Gasteiger partial charge in [-0.15, -0.1) is 0 Å². The third-order valence-corrected chi connectivity index (χ3v) is 11.9. The molecule has 19 heteroatoms. The molecule has 3 heterocycles. The van der Waals surface area contributed by atoms with E-state index >= 15 is 0 Å². The number of benzene rings is 3. The summed E-state index contributed by atoms with van der Waals surface area (Å²) in [5.74, 6) is -1.08. The predicted octanol–water partition coefficient (Wildman–Crippen LogP) is 5.48. The van der Waals surface area contributed by atoms with E-state index in [1.54, 1.807) is 38.1 Å². The molecule has 9 N–H and O–H groups in total. The van der Waals surface area contributed by atoms with Gasteiger partial charge in [0.2, 0.25) is 17.7 Å². The van der Waals surface area contributed by atoms with Crippen molar-refractivity contribution in [1.82, 2.24) is 40.7 Å². The Balaban J connectivity index is 0.969. The second-order valence-electron chi connectivity index (χ2n) is 17.6. The molecule has 370 valence electrons. The number of para-hydroxylation sites is 1. The second-order valence-corrected chi connectivity index (χ2v) is 17.6. The van der Waals surface area contributed by atoms with Crippen molar-refractivity contribution in [3.05, 3.63) is 107 Å². The van der Waals surface area contributed by atoms with Gasteiger partial charge >= 0.3 is 12.1 Å². The molecule has 3 aromatic carbocycles. The fourth-order valence-electron chi connectivity index (χ4n) is 8.05. The number of anilines is 2. The number of nitrogens with zero attached hydrogens (tertiary/aromatic N) is 4. The van der Waals surface area contributed by atoms with Crippen LogP contribution in [0.15, 0.2) is 84.9 Å². The molecule has 6 rings (SSSR count). The number of urea groups is 1. The molecule has 5 aromatic rings. The van der Waals surface area contributed by atoms with Crippen molar-refractivity contribution < 1.29 is 38.3 Å². The van der Waals surface area contributed by atoms with Gasteiger partial charge in [0.15, 0.2) is 5.82 Å². The number of nitrogen functional groups attached to an aromatic ring is 1. The first-order valence-electron chi connectivity index (χ1n) is 23.8. The Hall–Kier alpha value is -7.83. The number of unbranched alkanes of at least 4 members (excludes halogenated alkanes) is 3. The molecule has 0 saturated carbocycles. The minimum Gasteiger partial charge on any atom is -0.445 e. The molecular formula is C51H63N11O8. The number of imidazole rings is 1. The maximum absolute atomic E-state index is 13.6. The highest BCUT2D eigenvalue weighted by Crippen LogP contribution is 2.30. The lowest BCUT2D eigenvalue weighted by molar-refractivity contribution is -0.137. The van der Waals surface area contributed by atoms with Crippen molar-refractivity contribution in [3.63, 3.8) is 0 Å². The molecule has 1 aliphatic heterocycles. The van der Waals surface area contributed by atoms with Crippen molar-refractivity contribution >= 4 is 75.1 Å². The van der Waals surface area contributed by atoms with Gasteiger partial charge in [-0.2, -0.15) is 0 Å². The number of carbonyl (C=O) groups is 7. The zero-order valence-electron chi connectivity index (χ0n) is 39.9. The van der Waals surface area contributed by atoms with E-state index in [0.717, 1.165) is 57.5 Å². The summed E-state index contributed by atoms with van der Waals surface area (Å²) in [6.07, 6.45) is 6.89. The molecule has 0 aliphatic carbocycles. The first kappa shape index (κ1) is 51.6. The fraction of sp³-hybridized carbons (Fsp3) is 0.392. The van der Waals surface area contributed by atoms with Crippen molar-refractivity contribution in [2.75, 3.05) is 24.1 Å². The molecule has 1 aliphatic rings. The van der Waals surface area contributed by atoms with Gasteiger partial charge in [0.1, 0.15) is 30.0 Å². The van der Waals surface area contributed by atoms with Crippen LogP contribution in [-0.4, -0.2) is 86.3 Å². The molecule has 2 atom stereocenters. The standard InChI is InChI=1S/C51H63N11O8/c1-4-5-15-40-59-45-46(37-12-8-9-13-38(37)57-47(45)52)62(40)30-34-19-17-33(18-20-34)29-55-51(69)70-31-35-21-23-36(24-22-35)56-48(66)39(14-11-27-54-50(53)68)58-49(67)44(32(2)3)60-41(63)16-7-6-10-28-61-42(64)25-26-43(61)65/h8-9,12-13,17-26,32,39,44H,4-7,10-11,14-16,27-31H2,1-3H3,(H2,52,57)(H,55,69)(H,56,66)(H,58,67)(H,60,63)(H3,53,54,68). The van der Waals surface area contributed by atoms with Crippen LogP contribution in [-0.2, 0) is 54.8 Å². The molecular weight excluding hydrogens is 895 g/mol. The van der Waals surface area contributed by atoms with Crippen LogP contribution in [0.25, 0.3) is 21.9 Å². The second kappa shape index (κ2) is 25.0. The highest BCUT2D eigenvalue weighted by molar-refractivity contribution is 6.13. The van der Waals surface area contributed by atoms with E-state index in [9.17, 15) is 33.6 Å². The van der Waals surface area contributed by atoms with Gasteiger partial charge in [-0.25, -0.2) is 19.6 Å². The van der Waals surface area contributed by atoms with Crippen molar-refractivity contribution in [2.45, 2.75) is 110 Å². The van der Waals surface area contributed by atoms with Crippen LogP contribution < -0.4 is 38.1 Å². The first-order valence-corrected chi connectivity index (χ1v) is 23.8. The average Bonchev–Trinajstić information content (AvgIpc) is 3.87. The van der Waals surface area contributed by atoms with E-state index in [1.807, 2.05) is 48.5 Å². The lowest BCUT2D eigenvalue weighted by atomic mass is 10.0. The molecule has 2 aromatic heterocycles. The molecule has 19 nitrogen and oxygen atoms in total. The third kappa shape index (κ3) is 14.3. The summed E-state index contributed by atoms with van der Waals surface area (Å²) in [4.78, 5) is 98.2. The number of carbonyl (C=O) groups excluding carboxylic acids is 7. The van der Waals surface area contributed by atoms with E-state index in [1.165, 1.54) is 12.2 Å². The maximum Gasteiger partial charge on any atom is 0.407 e. The summed E-state index contributed by atoms with van der Waals surface area (Å²) in [7, 11) is 0. The summed E-state index contributed by atoms with van der Waals surface area (Å²) in [6, 6.07) is 19.9. The average molecular weight is 958 g/mol. The Morgan fingerprint density at radius 3 is 2.17 bits per heavy atom. The van der Waals surface area contributed by atoms with Crippen LogP contribution in [0.3, 0.4) is 0 Å². The molecule has 0 spiro atoms. The zero-order chi connectivity index (χ0) is 50.2. The Morgan fingerprint density at radius 1 is 0.771 bits per heavy atom. The van der Waals surface area contributed by atoms with Crippen LogP contribution in [0.1, 0.15) is 94.7 Å². The topological polar surface area (TPSA) is 275 Å². The largest absolute Gasteiger partial charge is 0.445 e. The number of aromatic nitrogens is 3. The number of primary amides is 1. The van der Waals surface area contributed by atoms with Gasteiger partial charge in [-0.3, -0.25) is 28.9 Å². The number of nitrogens with two attached hydrogens (primary N) is 2. The van der Waals surface area contributed by atoms with Gasteiger partial charge in [0.25, 0.3) is 11.8 Å². The lowest BCUT2D eigenvalue weighted by Crippen LogP contribution is -2.54. The summed E-state index contributed by atoms with van der Waals surface area (Å²) in [5.41, 5.74) is 17.1. The van der Waals surface area contributed by atoms with Gasteiger partial charge < -0.3 is 47.4 Å². The van der Waals surface area contributed by atoms with Crippen LogP contribution in [0.4, 0.5) is 21.1 Å². The van der Waals surface area contributed by atoms with E-state index < -0.39 is 36.0 Å². The minimum absolute atomic E-state index is 0.0286. The van der Waals surface area contributed by atoms with Gasteiger partial charge in [0, 0.05) is 62.2 Å². The molecule has 2 unspecified atom stereocenters. The van der Waals surface area contributed by atoms with Crippen LogP contribution in [0, 0.1) is 5.92 Å². The Kier molecular flexibility index (Phi) is 18.4. The number of alkyl carbamates (subject to hydrolysis) is 1. The molecule has 0 radical (unpaired) electrons. The number of rotatable bonds is 25. The van der Waals surface area contributed by atoms with Gasteiger partial charge in [-0.1, -0.05) is 88.2 Å². The number of imide groups is 1. The normalized spacial score (nSPS) is 13.1. The summed E-state index contributed by atoms with van der Waals surface area (Å²) >= 11 is 0. The zero-order valence-corrected chi connectivity index (χ0v) is 39.9. The van der Waals surface area contributed by atoms with Crippen molar-refractivity contribution in [2.24, 2.45) is 11.7 Å². The third-order valence-electron chi connectivity index (χ3n) is 11.9. The number of nitrogens with one attached hydrogen (secondary N) is 5. The lowest BCUT2D eigenvalue weighted by Gasteiger charge is -2.25. The fourth-order valence-corrected chi connectivity index (χ4v) is 8.05. The molecule has 8 amide bonds. The maximum atomic E-state index is 13.6. The minimum atomic E-state index is -1.03. The smallest absolute Gasteiger partial charge is 0.407 e. The number of pyridine rings is 1. The predicted molar refractivity (Wildman–Crippen MR) is 266 cm³/mol. The van der Waals surface area contributed by atoms with E-state index in [0.29, 0.717) is 54.8 Å². The number of hydrogen-bond donors (Lipinski definition) is 7. The molecule has 0 fully saturated rings. The number of hydrogen-bond acceptors (Lipinski definition) is 11. The quantitative estimate of drug-likeness (QED) is 0.0284. The van der Waals surface area contributed by atoms with Gasteiger partial charge in [-0.05, 0) is 72.9 Å². The highest BCUT2D eigenvalue weighted by atomic mass is 16.5. The molecule has 0 bridgehead atoms. The van der Waals surface area contributed by atoms with Crippen LogP contribution in [0.5, 0.6) is 0 Å². The summed E-state index contributed by atoms with van der Waals surface area (Å²) < 4.78 is 7.70. The molecule has 70 heavy (non-hydrogen) atoms. The van der Waals surface area contributed by atoms with Crippen molar-refractivity contribution in [1.29, 1.82) is 0 Å². The van der Waals surface area contributed by atoms with E-state index in [4.69, 9.17) is 21.2 Å². The van der Waals surface area contributed by atoms with Crippen LogP contribution in [0.2, 0.25) is 0 Å². The SMILES string of the molecule is CCCCc1nc2c(N)nc3ccccc3c2n1Cc1ccc(CNC(=O)OCc2ccc(NC(=O)C(CCCNC(N)=O)NC(=O)C(NC(=O)CCCCCN3C(=O)C=CC3=O)C(C)C)cc2)cc1. The highest BCUT2D eigenvalue weighted by Gasteiger charge is 2.29. The summed E-state index contributed by atoms with van der Waals surface area (Å²) in [6.45, 7) is 6.94. The monoisotopic (exact) mass is 957 g/mol. The van der Waals surface area contributed by atoms with Crippen molar-refractivity contribution in [3.8, 4) is 0 Å². The van der Waals surface area contributed by atoms with E-state index in [2.05, 4.69) is 43.1 Å². The first-order chi connectivity index (χ1) is 33.7. The number of ether oxygens (including phenoxy) is 1. The Morgan fingerprint density at radius 2 is 1.47 bits per heavy atom. The van der Waals surface area contributed by atoms with Crippen LogP contribution >= 0.6 is 0 Å². The number of fused-ring (bicyclic) bond motifs is 3. The van der Waals surface area contributed by atoms with Gasteiger partial charge in [0.05, 0.1) is 11.0 Å². The Labute approximate surface area is 406 Å².